The van der Waals surface area contributed by atoms with Gasteiger partial charge in [0.25, 0.3) is 5.91 Å². The van der Waals surface area contributed by atoms with E-state index >= 15 is 0 Å². The number of thiazole rings is 1. The molecule has 0 bridgehead atoms. The van der Waals surface area contributed by atoms with Gasteiger partial charge in [-0.15, -0.1) is 11.3 Å². The van der Waals surface area contributed by atoms with E-state index in [2.05, 4.69) is 27.2 Å². The van der Waals surface area contributed by atoms with E-state index < -0.39 is 0 Å². The average molecular weight is 346 g/mol. The van der Waals surface area contributed by atoms with Gasteiger partial charge in [-0.3, -0.25) is 4.79 Å². The van der Waals surface area contributed by atoms with Gasteiger partial charge in [-0.25, -0.2) is 9.97 Å². The fraction of sp³-hybridized carbons (Fsp3) is 0.500. The van der Waals surface area contributed by atoms with Gasteiger partial charge >= 0.3 is 0 Å². The van der Waals surface area contributed by atoms with Crippen molar-refractivity contribution in [2.24, 2.45) is 0 Å². The molecule has 7 nitrogen and oxygen atoms in total. The van der Waals surface area contributed by atoms with Crippen LogP contribution in [0.15, 0.2) is 5.38 Å². The predicted molar refractivity (Wildman–Crippen MR) is 95.1 cm³/mol. The zero-order valence-corrected chi connectivity index (χ0v) is 14.8. The number of hydrogen-bond donors (Lipinski definition) is 2. The molecular weight excluding hydrogens is 324 g/mol. The number of aromatic nitrogens is 3. The highest BCUT2D eigenvalue weighted by Gasteiger charge is 2.27. The molecule has 3 heterocycles. The minimum absolute atomic E-state index is 0.0404. The van der Waals surface area contributed by atoms with Crippen LogP contribution in [0, 0.1) is 6.92 Å². The summed E-state index contributed by atoms with van der Waals surface area (Å²) in [7, 11) is 0. The molecule has 24 heavy (non-hydrogen) atoms. The number of carbonyl (C=O) groups is 1. The highest BCUT2D eigenvalue weighted by molar-refractivity contribution is 7.09. The number of nitrogens with two attached hydrogens (primary N) is 1. The summed E-state index contributed by atoms with van der Waals surface area (Å²) in [5, 5.41) is 6.04. The van der Waals surface area contributed by atoms with Gasteiger partial charge in [0, 0.05) is 30.5 Å². The van der Waals surface area contributed by atoms with Crippen LogP contribution in [-0.2, 0) is 13.0 Å². The number of rotatable bonds is 5. The topological polar surface area (TPSA) is 97.0 Å². The second-order valence-electron chi connectivity index (χ2n) is 5.86. The minimum atomic E-state index is -0.0404. The van der Waals surface area contributed by atoms with Crippen molar-refractivity contribution < 1.29 is 4.79 Å². The predicted octanol–water partition coefficient (Wildman–Crippen LogP) is 2.23. The minimum Gasteiger partial charge on any atom is -0.370 e. The molecule has 3 N–H and O–H groups in total. The standard InChI is InChI=1S/C16H22N6OS/c1-3-4-6-18-14-11-8-22(7-5-12(11)20-16(17)21-14)15(23)13-9-24-10(2)19-13/h9H,3-8H2,1-2H3,(H3,17,18,20,21). The van der Waals surface area contributed by atoms with Crippen LogP contribution in [0.4, 0.5) is 11.8 Å². The molecule has 2 aromatic rings. The first kappa shape index (κ1) is 16.6. The van der Waals surface area contributed by atoms with E-state index in [1.54, 1.807) is 4.90 Å². The van der Waals surface area contributed by atoms with Gasteiger partial charge in [0.15, 0.2) is 0 Å². The van der Waals surface area contributed by atoms with Crippen LogP contribution in [0.25, 0.3) is 0 Å². The number of hydrogen-bond acceptors (Lipinski definition) is 7. The van der Waals surface area contributed by atoms with Crippen LogP contribution >= 0.6 is 11.3 Å². The molecular formula is C16H22N6OS. The number of nitrogens with zero attached hydrogens (tertiary/aromatic N) is 4. The van der Waals surface area contributed by atoms with Gasteiger partial charge in [-0.05, 0) is 13.3 Å². The molecule has 0 spiro atoms. The van der Waals surface area contributed by atoms with Crippen molar-refractivity contribution in [1.82, 2.24) is 19.9 Å². The smallest absolute Gasteiger partial charge is 0.273 e. The Labute approximate surface area is 145 Å². The molecule has 0 fully saturated rings. The lowest BCUT2D eigenvalue weighted by Crippen LogP contribution is -2.37. The summed E-state index contributed by atoms with van der Waals surface area (Å²) in [6, 6.07) is 0. The quantitative estimate of drug-likeness (QED) is 0.806. The molecule has 0 aliphatic carbocycles. The van der Waals surface area contributed by atoms with Gasteiger partial charge in [0.05, 0.1) is 17.2 Å². The summed E-state index contributed by atoms with van der Waals surface area (Å²) in [5.41, 5.74) is 8.23. The second kappa shape index (κ2) is 7.12. The van der Waals surface area contributed by atoms with Crippen LogP contribution in [0.3, 0.4) is 0 Å². The molecule has 2 aromatic heterocycles. The molecule has 1 aliphatic rings. The number of nitrogen functional groups attached to an aromatic ring is 1. The summed E-state index contributed by atoms with van der Waals surface area (Å²) >= 11 is 1.49. The molecule has 0 saturated carbocycles. The van der Waals surface area contributed by atoms with Gasteiger partial charge in [0.1, 0.15) is 11.5 Å². The van der Waals surface area contributed by atoms with E-state index in [0.717, 1.165) is 41.5 Å². The fourth-order valence-electron chi connectivity index (χ4n) is 2.76. The Hall–Kier alpha value is -2.22. The molecule has 1 amide bonds. The first-order valence-corrected chi connectivity index (χ1v) is 9.07. The zero-order chi connectivity index (χ0) is 17.1. The second-order valence-corrected chi connectivity index (χ2v) is 6.93. The van der Waals surface area contributed by atoms with Gasteiger partial charge < -0.3 is 16.0 Å². The van der Waals surface area contributed by atoms with Gasteiger partial charge in [0.2, 0.25) is 5.95 Å². The third-order valence-corrected chi connectivity index (χ3v) is 4.80. The lowest BCUT2D eigenvalue weighted by molar-refractivity contribution is 0.0728. The normalized spacial score (nSPS) is 13.7. The van der Waals surface area contributed by atoms with E-state index in [0.29, 0.717) is 25.2 Å². The highest BCUT2D eigenvalue weighted by atomic mass is 32.1. The average Bonchev–Trinajstić information content (AvgIpc) is 3.00. The van der Waals surface area contributed by atoms with Gasteiger partial charge in [-0.1, -0.05) is 13.3 Å². The third-order valence-electron chi connectivity index (χ3n) is 4.03. The molecule has 128 valence electrons. The Bertz CT molecular complexity index is 744. The maximum atomic E-state index is 12.6. The summed E-state index contributed by atoms with van der Waals surface area (Å²) in [6.45, 7) is 5.98. The molecule has 0 atom stereocenters. The molecule has 1 aliphatic heterocycles. The molecule has 0 unspecified atom stereocenters. The number of amides is 1. The lowest BCUT2D eigenvalue weighted by atomic mass is 10.1. The van der Waals surface area contributed by atoms with Crippen molar-refractivity contribution in [2.75, 3.05) is 24.1 Å². The van der Waals surface area contributed by atoms with E-state index in [1.807, 2.05) is 12.3 Å². The summed E-state index contributed by atoms with van der Waals surface area (Å²) < 4.78 is 0. The largest absolute Gasteiger partial charge is 0.370 e. The van der Waals surface area contributed by atoms with Crippen molar-refractivity contribution in [3.63, 3.8) is 0 Å². The molecule has 3 rings (SSSR count). The number of anilines is 2. The number of aryl methyl sites for hydroxylation is 1. The van der Waals surface area contributed by atoms with Crippen LogP contribution in [0.2, 0.25) is 0 Å². The van der Waals surface area contributed by atoms with E-state index in [1.165, 1.54) is 11.3 Å². The maximum Gasteiger partial charge on any atom is 0.273 e. The Morgan fingerprint density at radius 1 is 1.42 bits per heavy atom. The summed E-state index contributed by atoms with van der Waals surface area (Å²) in [6.07, 6.45) is 2.84. The number of unbranched alkanes of at least 4 members (excludes halogenated alkanes) is 1. The van der Waals surface area contributed by atoms with Crippen molar-refractivity contribution in [2.45, 2.75) is 39.7 Å². The van der Waals surface area contributed by atoms with Crippen LogP contribution < -0.4 is 11.1 Å². The highest BCUT2D eigenvalue weighted by Crippen LogP contribution is 2.26. The maximum absolute atomic E-state index is 12.6. The Balaban J connectivity index is 1.82. The van der Waals surface area contributed by atoms with Crippen molar-refractivity contribution >= 4 is 29.0 Å². The Morgan fingerprint density at radius 2 is 2.25 bits per heavy atom. The van der Waals surface area contributed by atoms with E-state index in [-0.39, 0.29) is 11.9 Å². The van der Waals surface area contributed by atoms with Crippen LogP contribution in [0.5, 0.6) is 0 Å². The van der Waals surface area contributed by atoms with Crippen LogP contribution in [-0.4, -0.2) is 38.8 Å². The monoisotopic (exact) mass is 346 g/mol. The Morgan fingerprint density at radius 3 is 2.96 bits per heavy atom. The van der Waals surface area contributed by atoms with E-state index in [9.17, 15) is 4.79 Å². The van der Waals surface area contributed by atoms with Crippen molar-refractivity contribution in [3.05, 3.63) is 27.3 Å². The lowest BCUT2D eigenvalue weighted by Gasteiger charge is -2.29. The SMILES string of the molecule is CCCCNc1nc(N)nc2c1CN(C(=O)c1csc(C)n1)CC2. The number of carbonyl (C=O) groups excluding carboxylic acids is 1. The first-order valence-electron chi connectivity index (χ1n) is 8.19. The van der Waals surface area contributed by atoms with Crippen molar-refractivity contribution in [1.29, 1.82) is 0 Å². The summed E-state index contributed by atoms with van der Waals surface area (Å²) in [5.74, 6) is 0.988. The molecule has 0 aromatic carbocycles. The Kier molecular flexibility index (Phi) is 4.94. The van der Waals surface area contributed by atoms with Gasteiger partial charge in [-0.2, -0.15) is 4.98 Å². The molecule has 0 radical (unpaired) electrons. The summed E-state index contributed by atoms with van der Waals surface area (Å²) in [4.78, 5) is 27.4. The number of nitrogens with one attached hydrogen (secondary N) is 1. The van der Waals surface area contributed by atoms with Crippen LogP contribution in [0.1, 0.15) is 46.5 Å². The fourth-order valence-corrected chi connectivity index (χ4v) is 3.35. The number of fused-ring (bicyclic) bond motifs is 1. The zero-order valence-electron chi connectivity index (χ0n) is 14.0. The van der Waals surface area contributed by atoms with E-state index in [4.69, 9.17) is 5.73 Å². The first-order chi connectivity index (χ1) is 11.6. The molecule has 0 saturated heterocycles. The molecule has 8 heteroatoms. The third kappa shape index (κ3) is 3.48. The van der Waals surface area contributed by atoms with Crippen molar-refractivity contribution in [3.8, 4) is 0 Å².